The van der Waals surface area contributed by atoms with Crippen LogP contribution in [-0.2, 0) is 9.59 Å². The molecular weight excluding hydrogens is 355 g/mol. The maximum atomic E-state index is 13.5. The average Bonchev–Trinajstić information content (AvgIpc) is 2.67. The molecule has 0 saturated carbocycles. The number of carbonyl (C=O) groups is 3. The molecule has 0 aliphatic rings. The van der Waals surface area contributed by atoms with E-state index in [9.17, 15) is 18.8 Å². The number of para-hydroxylation sites is 2. The Labute approximate surface area is 155 Å². The van der Waals surface area contributed by atoms with Crippen molar-refractivity contribution in [3.05, 3.63) is 60.4 Å². The van der Waals surface area contributed by atoms with Crippen LogP contribution in [0.15, 0.2) is 54.6 Å². The molecule has 2 rings (SSSR count). The third-order valence-electron chi connectivity index (χ3n) is 3.28. The highest BCUT2D eigenvalue weighted by Crippen LogP contribution is 2.16. The monoisotopic (exact) mass is 374 g/mol. The molecule has 0 aliphatic carbocycles. The van der Waals surface area contributed by atoms with E-state index >= 15 is 0 Å². The van der Waals surface area contributed by atoms with Crippen molar-refractivity contribution >= 4 is 23.5 Å². The SMILES string of the molecule is CC(Oc1ccccc1F)C(=O)NNC(=O)CNC(=O)Nc1ccccc1. The van der Waals surface area contributed by atoms with Crippen LogP contribution in [0.3, 0.4) is 0 Å². The van der Waals surface area contributed by atoms with Gasteiger partial charge in [0.25, 0.3) is 11.8 Å². The van der Waals surface area contributed by atoms with E-state index in [1.165, 1.54) is 25.1 Å². The molecule has 0 aliphatic heterocycles. The van der Waals surface area contributed by atoms with E-state index in [0.717, 1.165) is 0 Å². The molecule has 2 aromatic rings. The predicted octanol–water partition coefficient (Wildman–Crippen LogP) is 1.56. The molecule has 0 fully saturated rings. The van der Waals surface area contributed by atoms with Crippen LogP contribution in [0.4, 0.5) is 14.9 Å². The second kappa shape index (κ2) is 9.76. The lowest BCUT2D eigenvalue weighted by Gasteiger charge is -2.15. The normalized spacial score (nSPS) is 11.0. The van der Waals surface area contributed by atoms with Crippen molar-refractivity contribution < 1.29 is 23.5 Å². The summed E-state index contributed by atoms with van der Waals surface area (Å²) in [6.07, 6.45) is -1.04. The summed E-state index contributed by atoms with van der Waals surface area (Å²) in [5.41, 5.74) is 4.84. The molecule has 0 aromatic heterocycles. The van der Waals surface area contributed by atoms with E-state index in [1.54, 1.807) is 36.4 Å². The average molecular weight is 374 g/mol. The van der Waals surface area contributed by atoms with Crippen LogP contribution in [0.25, 0.3) is 0 Å². The summed E-state index contributed by atoms with van der Waals surface area (Å²) >= 11 is 0. The Hall–Kier alpha value is -3.62. The second-order valence-corrected chi connectivity index (χ2v) is 5.40. The molecule has 0 radical (unpaired) electrons. The van der Waals surface area contributed by atoms with Crippen LogP contribution in [0.2, 0.25) is 0 Å². The maximum absolute atomic E-state index is 13.5. The molecule has 0 bridgehead atoms. The molecule has 1 unspecified atom stereocenters. The third kappa shape index (κ3) is 6.65. The highest BCUT2D eigenvalue weighted by molar-refractivity contribution is 5.92. The zero-order valence-corrected chi connectivity index (χ0v) is 14.5. The summed E-state index contributed by atoms with van der Waals surface area (Å²) in [7, 11) is 0. The molecule has 8 nitrogen and oxygen atoms in total. The van der Waals surface area contributed by atoms with Gasteiger partial charge in [0.2, 0.25) is 0 Å². The van der Waals surface area contributed by atoms with Gasteiger partial charge in [0.05, 0.1) is 0 Å². The molecule has 4 N–H and O–H groups in total. The van der Waals surface area contributed by atoms with Crippen molar-refractivity contribution in [2.75, 3.05) is 11.9 Å². The van der Waals surface area contributed by atoms with Gasteiger partial charge in [-0.05, 0) is 31.2 Å². The number of amides is 4. The fourth-order valence-corrected chi connectivity index (χ4v) is 1.92. The second-order valence-electron chi connectivity index (χ2n) is 5.40. The summed E-state index contributed by atoms with van der Waals surface area (Å²) in [5, 5.41) is 4.88. The molecule has 4 amide bonds. The number of hydrogen-bond acceptors (Lipinski definition) is 4. The highest BCUT2D eigenvalue weighted by Gasteiger charge is 2.17. The first-order valence-corrected chi connectivity index (χ1v) is 8.05. The van der Waals surface area contributed by atoms with E-state index in [0.29, 0.717) is 5.69 Å². The van der Waals surface area contributed by atoms with Crippen LogP contribution in [-0.4, -0.2) is 30.5 Å². The number of carbonyl (C=O) groups excluding carboxylic acids is 3. The topological polar surface area (TPSA) is 109 Å². The first kappa shape index (κ1) is 19.7. The van der Waals surface area contributed by atoms with E-state index < -0.39 is 29.8 Å². The van der Waals surface area contributed by atoms with Crippen LogP contribution in [0, 0.1) is 5.82 Å². The Bertz CT molecular complexity index is 801. The van der Waals surface area contributed by atoms with Crippen LogP contribution in [0.5, 0.6) is 5.75 Å². The Morgan fingerprint density at radius 2 is 1.67 bits per heavy atom. The Morgan fingerprint density at radius 1 is 1.00 bits per heavy atom. The van der Waals surface area contributed by atoms with E-state index in [1.807, 2.05) is 0 Å². The fourth-order valence-electron chi connectivity index (χ4n) is 1.92. The molecule has 0 saturated heterocycles. The minimum absolute atomic E-state index is 0.0780. The Balaban J connectivity index is 1.69. The quantitative estimate of drug-likeness (QED) is 0.576. The van der Waals surface area contributed by atoms with Gasteiger partial charge in [-0.2, -0.15) is 0 Å². The van der Waals surface area contributed by atoms with Gasteiger partial charge in [0, 0.05) is 5.69 Å². The number of rotatable bonds is 6. The summed E-state index contributed by atoms with van der Waals surface area (Å²) in [5.74, 6) is -2.01. The summed E-state index contributed by atoms with van der Waals surface area (Å²) in [6, 6.07) is 13.8. The highest BCUT2D eigenvalue weighted by atomic mass is 19.1. The van der Waals surface area contributed by atoms with E-state index in [2.05, 4.69) is 21.5 Å². The van der Waals surface area contributed by atoms with Gasteiger partial charge in [-0.3, -0.25) is 20.4 Å². The van der Waals surface area contributed by atoms with Gasteiger partial charge in [-0.1, -0.05) is 30.3 Å². The van der Waals surface area contributed by atoms with Gasteiger partial charge in [-0.25, -0.2) is 9.18 Å². The number of hydrazine groups is 1. The van der Waals surface area contributed by atoms with Gasteiger partial charge >= 0.3 is 6.03 Å². The lowest BCUT2D eigenvalue weighted by Crippen LogP contribution is -2.50. The number of nitrogens with one attached hydrogen (secondary N) is 4. The number of benzene rings is 2. The fraction of sp³-hybridized carbons (Fsp3) is 0.167. The standard InChI is InChI=1S/C18H19FN4O4/c1-12(27-15-10-6-5-9-14(15)19)17(25)23-22-16(24)11-20-18(26)21-13-7-3-2-4-8-13/h2-10,12H,11H2,1H3,(H,22,24)(H,23,25)(H2,20,21,26). The zero-order chi connectivity index (χ0) is 19.6. The number of halogens is 1. The first-order valence-electron chi connectivity index (χ1n) is 8.05. The number of ether oxygens (including phenoxy) is 1. The molecule has 27 heavy (non-hydrogen) atoms. The Kier molecular flexibility index (Phi) is 7.12. The van der Waals surface area contributed by atoms with Crippen molar-refractivity contribution in [2.45, 2.75) is 13.0 Å². The lowest BCUT2D eigenvalue weighted by atomic mass is 10.3. The third-order valence-corrected chi connectivity index (χ3v) is 3.28. The largest absolute Gasteiger partial charge is 0.478 e. The summed E-state index contributed by atoms with van der Waals surface area (Å²) < 4.78 is 18.7. The summed E-state index contributed by atoms with van der Waals surface area (Å²) in [6.45, 7) is 1.04. The molecule has 0 spiro atoms. The minimum atomic E-state index is -1.04. The summed E-state index contributed by atoms with van der Waals surface area (Å²) in [4.78, 5) is 35.2. The van der Waals surface area contributed by atoms with Gasteiger partial charge in [-0.15, -0.1) is 0 Å². The lowest BCUT2D eigenvalue weighted by molar-refractivity contribution is -0.132. The first-order chi connectivity index (χ1) is 13.0. The molecular formula is C18H19FN4O4. The van der Waals surface area contributed by atoms with Crippen LogP contribution in [0.1, 0.15) is 6.92 Å². The molecule has 2 aromatic carbocycles. The van der Waals surface area contributed by atoms with Gasteiger partial charge < -0.3 is 15.4 Å². The zero-order valence-electron chi connectivity index (χ0n) is 14.5. The molecule has 0 heterocycles. The molecule has 9 heteroatoms. The number of hydrogen-bond donors (Lipinski definition) is 4. The van der Waals surface area contributed by atoms with Crippen molar-refractivity contribution in [1.82, 2.24) is 16.2 Å². The van der Waals surface area contributed by atoms with Crippen molar-refractivity contribution in [1.29, 1.82) is 0 Å². The van der Waals surface area contributed by atoms with Crippen molar-refractivity contribution in [2.24, 2.45) is 0 Å². The Morgan fingerprint density at radius 3 is 2.37 bits per heavy atom. The number of urea groups is 1. The molecule has 1 atom stereocenters. The molecule has 142 valence electrons. The van der Waals surface area contributed by atoms with Crippen LogP contribution >= 0.6 is 0 Å². The number of anilines is 1. The van der Waals surface area contributed by atoms with Crippen molar-refractivity contribution in [3.63, 3.8) is 0 Å². The van der Waals surface area contributed by atoms with Gasteiger partial charge in [0.15, 0.2) is 17.7 Å². The van der Waals surface area contributed by atoms with Gasteiger partial charge in [0.1, 0.15) is 6.54 Å². The van der Waals surface area contributed by atoms with E-state index in [4.69, 9.17) is 4.74 Å². The van der Waals surface area contributed by atoms with E-state index in [-0.39, 0.29) is 12.3 Å². The minimum Gasteiger partial charge on any atom is -0.478 e. The smallest absolute Gasteiger partial charge is 0.319 e. The van der Waals surface area contributed by atoms with Crippen molar-refractivity contribution in [3.8, 4) is 5.75 Å². The predicted molar refractivity (Wildman–Crippen MR) is 96.2 cm³/mol. The maximum Gasteiger partial charge on any atom is 0.319 e. The van der Waals surface area contributed by atoms with Crippen LogP contribution < -0.4 is 26.2 Å².